The number of nitrogens with one attached hydrogen (secondary N) is 3. The number of carbonyl (C=O) groups excluding carboxylic acids is 1. The summed E-state index contributed by atoms with van der Waals surface area (Å²) in [6.07, 6.45) is 8.86. The van der Waals surface area contributed by atoms with Crippen molar-refractivity contribution in [3.8, 4) is 0 Å². The molecule has 0 aromatic carbocycles. The summed E-state index contributed by atoms with van der Waals surface area (Å²) in [6.45, 7) is 3.32. The van der Waals surface area contributed by atoms with Crippen LogP contribution >= 0.6 is 0 Å². The lowest BCUT2D eigenvalue weighted by atomic mass is 9.85. The molecule has 8 nitrogen and oxygen atoms in total. The molecule has 0 bridgehead atoms. The minimum Gasteiger partial charge on any atom is -0.383 e. The van der Waals surface area contributed by atoms with E-state index in [1.807, 2.05) is 25.3 Å². The van der Waals surface area contributed by atoms with Crippen LogP contribution < -0.4 is 21.7 Å². The first-order valence-electron chi connectivity index (χ1n) is 9.39. The number of nitrogens with two attached hydrogens (primary N) is 1. The molecule has 5 N–H and O–H groups in total. The maximum Gasteiger partial charge on any atom is 0.223 e. The molecule has 0 aliphatic heterocycles. The number of pyridine rings is 1. The summed E-state index contributed by atoms with van der Waals surface area (Å²) in [7, 11) is 0. The third-order valence-corrected chi connectivity index (χ3v) is 4.88. The Bertz CT molecular complexity index is 759. The van der Waals surface area contributed by atoms with Crippen molar-refractivity contribution in [3.05, 3.63) is 36.3 Å². The first-order valence-corrected chi connectivity index (χ1v) is 9.39. The van der Waals surface area contributed by atoms with Gasteiger partial charge in [-0.05, 0) is 50.3 Å². The van der Waals surface area contributed by atoms with Gasteiger partial charge in [0.1, 0.15) is 5.82 Å². The largest absolute Gasteiger partial charge is 0.383 e. The molecule has 0 spiro atoms. The van der Waals surface area contributed by atoms with Crippen molar-refractivity contribution in [2.75, 3.05) is 29.5 Å². The molecule has 1 amide bonds. The predicted molar refractivity (Wildman–Crippen MR) is 106 cm³/mol. The zero-order chi connectivity index (χ0) is 19.1. The molecular formula is C19H27N7O. The molecule has 0 atom stereocenters. The van der Waals surface area contributed by atoms with Crippen LogP contribution in [0.4, 0.5) is 17.5 Å². The lowest BCUT2D eigenvalue weighted by Crippen LogP contribution is -2.37. The lowest BCUT2D eigenvalue weighted by molar-refractivity contribution is -0.125. The number of rotatable bonds is 7. The van der Waals surface area contributed by atoms with Crippen LogP contribution in [0, 0.1) is 12.8 Å². The minimum atomic E-state index is 0.0844. The summed E-state index contributed by atoms with van der Waals surface area (Å²) in [5, 5.41) is 9.74. The zero-order valence-electron chi connectivity index (χ0n) is 15.6. The number of anilines is 3. The zero-order valence-corrected chi connectivity index (χ0v) is 15.6. The summed E-state index contributed by atoms with van der Waals surface area (Å²) in [5.74, 6) is 1.24. The number of hydrogen-bond donors (Lipinski definition) is 4. The molecule has 144 valence electrons. The van der Waals surface area contributed by atoms with E-state index in [9.17, 15) is 4.79 Å². The number of nitrogen functional groups attached to an aromatic ring is 1. The van der Waals surface area contributed by atoms with Gasteiger partial charge in [0.15, 0.2) is 0 Å². The maximum absolute atomic E-state index is 12.4. The molecule has 2 aromatic heterocycles. The number of amides is 1. The second kappa shape index (κ2) is 9.16. The fourth-order valence-corrected chi connectivity index (χ4v) is 3.36. The second-order valence-corrected chi connectivity index (χ2v) is 6.90. The second-order valence-electron chi connectivity index (χ2n) is 6.90. The van der Waals surface area contributed by atoms with E-state index in [-0.39, 0.29) is 17.8 Å². The van der Waals surface area contributed by atoms with Gasteiger partial charge in [0.2, 0.25) is 11.9 Å². The summed E-state index contributed by atoms with van der Waals surface area (Å²) in [5.41, 5.74) is 7.75. The van der Waals surface area contributed by atoms with Crippen molar-refractivity contribution in [1.29, 1.82) is 0 Å². The van der Waals surface area contributed by atoms with Crippen LogP contribution in [0.1, 0.15) is 31.2 Å². The van der Waals surface area contributed by atoms with Gasteiger partial charge in [0, 0.05) is 49.3 Å². The number of aromatic nitrogens is 3. The fourth-order valence-electron chi connectivity index (χ4n) is 3.36. The van der Waals surface area contributed by atoms with Crippen molar-refractivity contribution in [3.63, 3.8) is 0 Å². The van der Waals surface area contributed by atoms with Crippen LogP contribution in [0.2, 0.25) is 0 Å². The van der Waals surface area contributed by atoms with Crippen LogP contribution in [-0.2, 0) is 4.79 Å². The van der Waals surface area contributed by atoms with E-state index in [1.54, 1.807) is 12.4 Å². The molecular weight excluding hydrogens is 342 g/mol. The SMILES string of the molecule is Cc1cnccc1NCCNC(=O)C1CCC(Nc2ccnc(N)n2)CC1. The topological polar surface area (TPSA) is 118 Å². The van der Waals surface area contributed by atoms with E-state index in [4.69, 9.17) is 5.73 Å². The minimum absolute atomic E-state index is 0.0844. The van der Waals surface area contributed by atoms with Crippen LogP contribution in [-0.4, -0.2) is 40.0 Å². The van der Waals surface area contributed by atoms with E-state index in [1.165, 1.54) is 0 Å². The molecule has 1 fully saturated rings. The molecule has 1 aliphatic carbocycles. The first kappa shape index (κ1) is 18.9. The van der Waals surface area contributed by atoms with Crippen LogP contribution in [0.5, 0.6) is 0 Å². The van der Waals surface area contributed by atoms with Crippen molar-refractivity contribution in [2.24, 2.45) is 5.92 Å². The summed E-state index contributed by atoms with van der Waals surface area (Å²) in [4.78, 5) is 24.5. The highest BCUT2D eigenvalue weighted by atomic mass is 16.1. The molecule has 8 heteroatoms. The van der Waals surface area contributed by atoms with Gasteiger partial charge in [-0.25, -0.2) is 4.98 Å². The summed E-state index contributed by atoms with van der Waals surface area (Å²) >= 11 is 0. The van der Waals surface area contributed by atoms with Crippen molar-refractivity contribution in [1.82, 2.24) is 20.3 Å². The van der Waals surface area contributed by atoms with Crippen LogP contribution in [0.3, 0.4) is 0 Å². The highest BCUT2D eigenvalue weighted by molar-refractivity contribution is 5.78. The molecule has 0 unspecified atom stereocenters. The molecule has 2 aromatic rings. The molecule has 0 radical (unpaired) electrons. The third kappa shape index (κ3) is 5.54. The number of hydrogen-bond acceptors (Lipinski definition) is 7. The Kier molecular flexibility index (Phi) is 6.40. The van der Waals surface area contributed by atoms with Gasteiger partial charge in [0.05, 0.1) is 0 Å². The van der Waals surface area contributed by atoms with Crippen LogP contribution in [0.15, 0.2) is 30.7 Å². The van der Waals surface area contributed by atoms with Crippen LogP contribution in [0.25, 0.3) is 0 Å². The van der Waals surface area contributed by atoms with Crippen molar-refractivity contribution < 1.29 is 4.79 Å². The van der Waals surface area contributed by atoms with Crippen molar-refractivity contribution >= 4 is 23.4 Å². The Morgan fingerprint density at radius 2 is 2.00 bits per heavy atom. The fraction of sp³-hybridized carbons (Fsp3) is 0.474. The Morgan fingerprint density at radius 1 is 1.19 bits per heavy atom. The average Bonchev–Trinajstić information content (AvgIpc) is 2.67. The average molecular weight is 369 g/mol. The Balaban J connectivity index is 1.35. The molecule has 3 rings (SSSR count). The standard InChI is InChI=1S/C19H27N7O/c1-13-12-21-8-6-16(13)22-10-11-23-18(27)14-2-4-15(5-3-14)25-17-7-9-24-19(20)26-17/h6-9,12,14-15H,2-5,10-11H2,1H3,(H,21,22)(H,23,27)(H3,20,24,25,26). The smallest absolute Gasteiger partial charge is 0.223 e. The van der Waals surface area contributed by atoms with Gasteiger partial charge >= 0.3 is 0 Å². The molecule has 1 aliphatic rings. The number of aryl methyl sites for hydroxylation is 1. The third-order valence-electron chi connectivity index (χ3n) is 4.88. The van der Waals surface area contributed by atoms with E-state index in [0.29, 0.717) is 19.1 Å². The Labute approximate surface area is 159 Å². The van der Waals surface area contributed by atoms with E-state index in [0.717, 1.165) is 42.8 Å². The van der Waals surface area contributed by atoms with Crippen molar-refractivity contribution in [2.45, 2.75) is 38.6 Å². The Morgan fingerprint density at radius 3 is 2.74 bits per heavy atom. The van der Waals surface area contributed by atoms with Gasteiger partial charge in [0.25, 0.3) is 0 Å². The van der Waals surface area contributed by atoms with Gasteiger partial charge in [-0.3, -0.25) is 9.78 Å². The Hall–Kier alpha value is -2.90. The van der Waals surface area contributed by atoms with E-state index in [2.05, 4.69) is 30.9 Å². The predicted octanol–water partition coefficient (Wildman–Crippen LogP) is 1.96. The van der Waals surface area contributed by atoms with E-state index >= 15 is 0 Å². The molecule has 2 heterocycles. The normalized spacial score (nSPS) is 19.3. The molecule has 27 heavy (non-hydrogen) atoms. The van der Waals surface area contributed by atoms with Gasteiger partial charge in [-0.1, -0.05) is 0 Å². The number of nitrogens with zero attached hydrogens (tertiary/aromatic N) is 3. The summed E-state index contributed by atoms with van der Waals surface area (Å²) in [6, 6.07) is 4.07. The highest BCUT2D eigenvalue weighted by Gasteiger charge is 2.26. The first-order chi connectivity index (χ1) is 13.1. The van der Waals surface area contributed by atoms with Gasteiger partial charge in [-0.2, -0.15) is 4.98 Å². The van der Waals surface area contributed by atoms with E-state index < -0.39 is 0 Å². The van der Waals surface area contributed by atoms with Gasteiger partial charge in [-0.15, -0.1) is 0 Å². The highest BCUT2D eigenvalue weighted by Crippen LogP contribution is 2.26. The molecule has 0 saturated heterocycles. The summed E-state index contributed by atoms with van der Waals surface area (Å²) < 4.78 is 0. The quantitative estimate of drug-likeness (QED) is 0.551. The number of carbonyl (C=O) groups is 1. The monoisotopic (exact) mass is 369 g/mol. The lowest BCUT2D eigenvalue weighted by Gasteiger charge is -2.28. The maximum atomic E-state index is 12.4. The molecule has 1 saturated carbocycles. The van der Waals surface area contributed by atoms with Gasteiger partial charge < -0.3 is 21.7 Å².